The molecule has 1 saturated heterocycles. The summed E-state index contributed by atoms with van der Waals surface area (Å²) in [4.78, 5) is 74.8. The van der Waals surface area contributed by atoms with Gasteiger partial charge in [0, 0.05) is 16.9 Å². The maximum Gasteiger partial charge on any atom is 0.471 e. The van der Waals surface area contributed by atoms with Gasteiger partial charge in [0.15, 0.2) is 16.6 Å². The number of fused-ring (bicyclic) bond motifs is 1. The van der Waals surface area contributed by atoms with Crippen molar-refractivity contribution >= 4 is 81.1 Å². The highest BCUT2D eigenvalue weighted by atomic mass is 32.2. The van der Waals surface area contributed by atoms with Crippen LogP contribution in [0.15, 0.2) is 32.1 Å². The van der Waals surface area contributed by atoms with Crippen molar-refractivity contribution in [3.63, 3.8) is 0 Å². The van der Waals surface area contributed by atoms with Gasteiger partial charge in [-0.05, 0) is 16.0 Å². The Kier molecular flexibility index (Phi) is 10.5. The maximum atomic E-state index is 13.1. The molecule has 246 valence electrons. The number of thiazole rings is 1. The van der Waals surface area contributed by atoms with E-state index in [2.05, 4.69) is 45.8 Å². The van der Waals surface area contributed by atoms with E-state index in [1.807, 2.05) is 0 Å². The Morgan fingerprint density at radius 1 is 1.20 bits per heavy atom. The lowest BCUT2D eigenvalue weighted by Crippen LogP contribution is -2.71. The Bertz CT molecular complexity index is 1660. The van der Waals surface area contributed by atoms with Gasteiger partial charge in [-0.3, -0.25) is 24.6 Å². The SMILES string of the molecule is CO/N=C(/Cn1nnnc1SCC1=C(C(=O)O)N2C(=O)C(NC(=O)/C(=N/OC)c3csc(NC(=O)C(F)(F)F)n3)C2SC1)C(=O)O. The largest absolute Gasteiger partial charge is 0.477 e. The number of hydrogen-bond donors (Lipinski definition) is 4. The molecule has 4 heterocycles. The van der Waals surface area contributed by atoms with Crippen LogP contribution < -0.4 is 10.6 Å². The summed E-state index contributed by atoms with van der Waals surface area (Å²) in [6.07, 6.45) is -5.18. The zero-order valence-electron chi connectivity index (χ0n) is 23.0. The quantitative estimate of drug-likeness (QED) is 0.0894. The van der Waals surface area contributed by atoms with E-state index >= 15 is 0 Å². The second kappa shape index (κ2) is 14.1. The van der Waals surface area contributed by atoms with Crippen molar-refractivity contribution in [2.24, 2.45) is 10.3 Å². The van der Waals surface area contributed by atoms with Crippen LogP contribution in [-0.2, 0) is 40.2 Å². The summed E-state index contributed by atoms with van der Waals surface area (Å²) >= 11 is 2.69. The van der Waals surface area contributed by atoms with Crippen LogP contribution in [0.25, 0.3) is 0 Å². The van der Waals surface area contributed by atoms with Crippen molar-refractivity contribution in [1.82, 2.24) is 35.4 Å². The lowest BCUT2D eigenvalue weighted by atomic mass is 10.0. The van der Waals surface area contributed by atoms with Crippen LogP contribution in [-0.4, -0.2) is 125 Å². The number of halogens is 3. The van der Waals surface area contributed by atoms with E-state index in [1.165, 1.54) is 0 Å². The molecule has 0 spiro atoms. The molecule has 1 fully saturated rings. The Hall–Kier alpha value is -4.78. The number of nitrogens with zero attached hydrogens (tertiary/aromatic N) is 8. The third-order valence-corrected chi connectivity index (χ3v) is 8.92. The molecule has 4 N–H and O–H groups in total. The minimum Gasteiger partial charge on any atom is -0.477 e. The number of amides is 3. The number of rotatable bonds is 13. The van der Waals surface area contributed by atoms with Gasteiger partial charge >= 0.3 is 24.0 Å². The fourth-order valence-corrected chi connectivity index (χ4v) is 6.90. The monoisotopic (exact) mass is 708 g/mol. The summed E-state index contributed by atoms with van der Waals surface area (Å²) in [6.45, 7) is -0.356. The van der Waals surface area contributed by atoms with Gasteiger partial charge in [0.1, 0.15) is 37.0 Å². The van der Waals surface area contributed by atoms with E-state index in [4.69, 9.17) is 0 Å². The Morgan fingerprint density at radius 2 is 1.91 bits per heavy atom. The summed E-state index contributed by atoms with van der Waals surface area (Å²) in [5, 5.41) is 41.0. The highest BCUT2D eigenvalue weighted by Gasteiger charge is 2.54. The van der Waals surface area contributed by atoms with Crippen molar-refractivity contribution in [2.75, 3.05) is 31.0 Å². The topological polar surface area (TPSA) is 253 Å². The lowest BCUT2D eigenvalue weighted by Gasteiger charge is -2.49. The number of anilines is 1. The molecule has 19 nitrogen and oxygen atoms in total. The van der Waals surface area contributed by atoms with Gasteiger partial charge in [0.2, 0.25) is 5.16 Å². The molecule has 46 heavy (non-hydrogen) atoms. The van der Waals surface area contributed by atoms with Gasteiger partial charge in [-0.2, -0.15) is 13.2 Å². The molecule has 2 aliphatic rings. The minimum atomic E-state index is -5.18. The van der Waals surface area contributed by atoms with Crippen molar-refractivity contribution in [2.45, 2.75) is 29.3 Å². The molecular formula is C21H19F3N10O9S3. The first-order chi connectivity index (χ1) is 21.8. The highest BCUT2D eigenvalue weighted by molar-refractivity contribution is 8.01. The van der Waals surface area contributed by atoms with Crippen LogP contribution in [0.5, 0.6) is 0 Å². The zero-order chi connectivity index (χ0) is 33.8. The number of nitrogens with one attached hydrogen (secondary N) is 2. The summed E-state index contributed by atoms with van der Waals surface area (Å²) in [5.41, 5.74) is -1.21. The van der Waals surface area contributed by atoms with Gasteiger partial charge in [0.05, 0.1) is 6.54 Å². The molecule has 2 aromatic heterocycles. The number of aromatic nitrogens is 5. The van der Waals surface area contributed by atoms with Crippen LogP contribution in [0.1, 0.15) is 5.69 Å². The predicted molar refractivity (Wildman–Crippen MR) is 151 cm³/mol. The van der Waals surface area contributed by atoms with Crippen molar-refractivity contribution in [3.8, 4) is 0 Å². The summed E-state index contributed by atoms with van der Waals surface area (Å²) in [5.74, 6) is -6.75. The van der Waals surface area contributed by atoms with Crippen LogP contribution in [0.3, 0.4) is 0 Å². The second-order valence-electron chi connectivity index (χ2n) is 8.66. The molecule has 25 heteroatoms. The molecule has 3 amide bonds. The van der Waals surface area contributed by atoms with E-state index in [-0.39, 0.29) is 34.6 Å². The van der Waals surface area contributed by atoms with Crippen LogP contribution in [0.2, 0.25) is 0 Å². The predicted octanol–water partition coefficient (Wildman–Crippen LogP) is -0.401. The third-order valence-electron chi connectivity index (χ3n) is 5.78. The van der Waals surface area contributed by atoms with Crippen LogP contribution in [0, 0.1) is 0 Å². The first kappa shape index (κ1) is 34.1. The summed E-state index contributed by atoms with van der Waals surface area (Å²) in [6, 6.07) is -1.21. The normalized spacial score (nSPS) is 18.5. The number of β-lactam (4-membered cyclic amide) rings is 1. The highest BCUT2D eigenvalue weighted by Crippen LogP contribution is 2.41. The average Bonchev–Trinajstić information content (AvgIpc) is 3.65. The first-order valence-corrected chi connectivity index (χ1v) is 15.1. The van der Waals surface area contributed by atoms with Crippen molar-refractivity contribution in [1.29, 1.82) is 0 Å². The molecule has 0 bridgehead atoms. The number of carboxylic acid groups (broad SMARTS) is 2. The van der Waals surface area contributed by atoms with Crippen LogP contribution >= 0.6 is 34.9 Å². The molecule has 2 atom stereocenters. The third kappa shape index (κ3) is 7.36. The number of hydrogen-bond acceptors (Lipinski definition) is 16. The second-order valence-corrected chi connectivity index (χ2v) is 11.6. The molecule has 2 aromatic rings. The van der Waals surface area contributed by atoms with Crippen molar-refractivity contribution < 1.29 is 57.0 Å². The molecule has 4 rings (SSSR count). The number of carboxylic acids is 2. The van der Waals surface area contributed by atoms with Crippen molar-refractivity contribution in [3.05, 3.63) is 22.3 Å². The maximum absolute atomic E-state index is 13.1. The number of tetrazole rings is 1. The summed E-state index contributed by atoms with van der Waals surface area (Å²) < 4.78 is 38.8. The van der Waals surface area contributed by atoms with E-state index in [9.17, 15) is 47.4 Å². The first-order valence-electron chi connectivity index (χ1n) is 12.1. The standard InChI is InChI=1S/C21H19F3N10O9S3/c1-42-29-8(16(37)38)3-33-20(28-31-32-33)46-5-7-4-44-15-11(14(36)34(15)12(7)17(39)40)26-13(35)10(30-43-2)9-6-45-19(25-9)27-18(41)21(22,23)24/h6,11,15H,3-5H2,1-2H3,(H,26,35)(H,37,38)(H,39,40)(H,25,27,41)/b29-8-,30-10+. The minimum absolute atomic E-state index is 0.00591. The molecular weight excluding hydrogens is 689 g/mol. The lowest BCUT2D eigenvalue weighted by molar-refractivity contribution is -0.167. The molecule has 0 aromatic carbocycles. The fraction of sp³-hybridized carbons (Fsp3) is 0.381. The molecule has 2 aliphatic heterocycles. The van der Waals surface area contributed by atoms with E-state index in [1.54, 1.807) is 5.32 Å². The average molecular weight is 709 g/mol. The zero-order valence-corrected chi connectivity index (χ0v) is 25.5. The Morgan fingerprint density at radius 3 is 2.54 bits per heavy atom. The number of oxime groups is 2. The number of carbonyl (C=O) groups excluding carboxylic acids is 3. The molecule has 0 aliphatic carbocycles. The summed E-state index contributed by atoms with van der Waals surface area (Å²) in [7, 11) is 2.24. The van der Waals surface area contributed by atoms with Gasteiger partial charge in [-0.25, -0.2) is 19.3 Å². The van der Waals surface area contributed by atoms with Gasteiger partial charge in [-0.1, -0.05) is 22.1 Å². The Labute approximate surface area is 266 Å². The van der Waals surface area contributed by atoms with E-state index in [0.29, 0.717) is 16.9 Å². The number of aliphatic carboxylic acids is 2. The Balaban J connectivity index is 1.45. The van der Waals surface area contributed by atoms with E-state index in [0.717, 1.165) is 52.7 Å². The van der Waals surface area contributed by atoms with E-state index < -0.39 is 63.8 Å². The van der Waals surface area contributed by atoms with Gasteiger partial charge < -0.3 is 25.2 Å². The smallest absolute Gasteiger partial charge is 0.471 e. The number of carbonyl (C=O) groups is 5. The van der Waals surface area contributed by atoms with Crippen LogP contribution in [0.4, 0.5) is 18.3 Å². The van der Waals surface area contributed by atoms with Gasteiger partial charge in [0.25, 0.3) is 11.8 Å². The van der Waals surface area contributed by atoms with Gasteiger partial charge in [-0.15, -0.1) is 28.2 Å². The number of alkyl halides is 3. The fourth-order valence-electron chi connectivity index (χ4n) is 3.85. The molecule has 2 unspecified atom stereocenters. The molecule has 0 radical (unpaired) electrons. The number of thioether (sulfide) groups is 2. The molecule has 0 saturated carbocycles.